The SMILES string of the molecule is CC(C)c1nc2ccc(F)cc2c(=O)o1. The van der Waals surface area contributed by atoms with E-state index in [1.54, 1.807) is 0 Å². The summed E-state index contributed by atoms with van der Waals surface area (Å²) in [5, 5.41) is 0.180. The molecule has 1 aromatic heterocycles. The third-order valence-electron chi connectivity index (χ3n) is 2.10. The lowest BCUT2D eigenvalue weighted by atomic mass is 10.2. The molecule has 0 fully saturated rings. The summed E-state index contributed by atoms with van der Waals surface area (Å²) in [5.74, 6) is -0.0554. The molecule has 15 heavy (non-hydrogen) atoms. The molecule has 0 atom stereocenters. The highest BCUT2D eigenvalue weighted by Gasteiger charge is 2.09. The third-order valence-corrected chi connectivity index (χ3v) is 2.10. The lowest BCUT2D eigenvalue weighted by Crippen LogP contribution is -2.06. The van der Waals surface area contributed by atoms with Gasteiger partial charge in [-0.1, -0.05) is 13.8 Å². The van der Waals surface area contributed by atoms with Gasteiger partial charge in [0.25, 0.3) is 0 Å². The number of benzene rings is 1. The number of halogens is 1. The Balaban J connectivity index is 2.79. The summed E-state index contributed by atoms with van der Waals surface area (Å²) >= 11 is 0. The number of rotatable bonds is 1. The predicted molar refractivity (Wildman–Crippen MR) is 54.3 cm³/mol. The molecule has 2 rings (SSSR count). The first kappa shape index (κ1) is 9.83. The minimum atomic E-state index is -0.539. The van der Waals surface area contributed by atoms with Gasteiger partial charge in [-0.15, -0.1) is 0 Å². The van der Waals surface area contributed by atoms with Crippen LogP contribution in [0.2, 0.25) is 0 Å². The van der Waals surface area contributed by atoms with E-state index in [2.05, 4.69) is 4.98 Å². The van der Waals surface area contributed by atoms with Gasteiger partial charge in [-0.2, -0.15) is 0 Å². The Bertz CT molecular complexity index is 560. The maximum absolute atomic E-state index is 12.9. The fourth-order valence-corrected chi connectivity index (χ4v) is 1.31. The number of aromatic nitrogens is 1. The van der Waals surface area contributed by atoms with Gasteiger partial charge in [-0.05, 0) is 18.2 Å². The standard InChI is InChI=1S/C11H10FNO2/c1-6(2)10-13-9-4-3-7(12)5-8(9)11(14)15-10/h3-6H,1-2H3. The number of hydrogen-bond acceptors (Lipinski definition) is 3. The smallest absolute Gasteiger partial charge is 0.346 e. The van der Waals surface area contributed by atoms with Crippen LogP contribution in [0.25, 0.3) is 10.9 Å². The van der Waals surface area contributed by atoms with Crippen molar-refractivity contribution < 1.29 is 8.81 Å². The van der Waals surface area contributed by atoms with Gasteiger partial charge < -0.3 is 4.42 Å². The molecular weight excluding hydrogens is 197 g/mol. The van der Waals surface area contributed by atoms with E-state index in [9.17, 15) is 9.18 Å². The molecular formula is C11H10FNO2. The van der Waals surface area contributed by atoms with E-state index < -0.39 is 11.4 Å². The van der Waals surface area contributed by atoms with Crippen LogP contribution in [0.3, 0.4) is 0 Å². The van der Waals surface area contributed by atoms with Gasteiger partial charge >= 0.3 is 5.63 Å². The first-order valence-electron chi connectivity index (χ1n) is 4.68. The molecule has 2 aromatic rings. The Morgan fingerprint density at radius 3 is 2.80 bits per heavy atom. The molecule has 1 aromatic carbocycles. The molecule has 4 heteroatoms. The van der Waals surface area contributed by atoms with Crippen molar-refractivity contribution in [3.8, 4) is 0 Å². The van der Waals surface area contributed by atoms with Crippen molar-refractivity contribution >= 4 is 10.9 Å². The van der Waals surface area contributed by atoms with Crippen LogP contribution in [-0.4, -0.2) is 4.98 Å². The van der Waals surface area contributed by atoms with Crippen LogP contribution in [0, 0.1) is 5.82 Å². The summed E-state index contributed by atoms with van der Waals surface area (Å²) < 4.78 is 17.8. The maximum Gasteiger partial charge on any atom is 0.346 e. The topological polar surface area (TPSA) is 43.1 Å². The van der Waals surface area contributed by atoms with Crippen LogP contribution < -0.4 is 5.63 Å². The molecule has 0 aliphatic heterocycles. The zero-order valence-corrected chi connectivity index (χ0v) is 8.45. The molecule has 0 aliphatic rings. The molecule has 0 bridgehead atoms. The second-order valence-corrected chi connectivity index (χ2v) is 3.66. The molecule has 0 amide bonds. The van der Waals surface area contributed by atoms with Crippen molar-refractivity contribution in [1.82, 2.24) is 4.98 Å². The van der Waals surface area contributed by atoms with Crippen molar-refractivity contribution in [1.29, 1.82) is 0 Å². The Morgan fingerprint density at radius 1 is 1.40 bits per heavy atom. The van der Waals surface area contributed by atoms with Crippen molar-refractivity contribution in [2.45, 2.75) is 19.8 Å². The zero-order valence-electron chi connectivity index (χ0n) is 8.45. The van der Waals surface area contributed by atoms with Crippen LogP contribution in [0.5, 0.6) is 0 Å². The van der Waals surface area contributed by atoms with Crippen molar-refractivity contribution in [3.63, 3.8) is 0 Å². The maximum atomic E-state index is 12.9. The van der Waals surface area contributed by atoms with E-state index in [1.807, 2.05) is 13.8 Å². The summed E-state index contributed by atoms with van der Waals surface area (Å²) in [4.78, 5) is 15.6. The molecule has 78 valence electrons. The van der Waals surface area contributed by atoms with Gasteiger partial charge in [-0.3, -0.25) is 0 Å². The Labute approximate surface area is 85.6 Å². The normalized spacial score (nSPS) is 11.2. The van der Waals surface area contributed by atoms with Crippen LogP contribution in [0.4, 0.5) is 4.39 Å². The Morgan fingerprint density at radius 2 is 2.13 bits per heavy atom. The molecule has 0 aliphatic carbocycles. The van der Waals surface area contributed by atoms with Crippen LogP contribution in [0.15, 0.2) is 27.4 Å². The Hall–Kier alpha value is -1.71. The van der Waals surface area contributed by atoms with E-state index in [-0.39, 0.29) is 11.3 Å². The molecule has 0 unspecified atom stereocenters. The summed E-state index contributed by atoms with van der Waals surface area (Å²) in [6.45, 7) is 3.75. The van der Waals surface area contributed by atoms with Gasteiger partial charge in [-0.25, -0.2) is 14.2 Å². The minimum absolute atomic E-state index is 0.0344. The van der Waals surface area contributed by atoms with Gasteiger partial charge in [0.15, 0.2) is 0 Å². The third kappa shape index (κ3) is 1.75. The fraction of sp³-hybridized carbons (Fsp3) is 0.273. The highest BCUT2D eigenvalue weighted by Crippen LogP contribution is 2.14. The summed E-state index contributed by atoms with van der Waals surface area (Å²) in [7, 11) is 0. The van der Waals surface area contributed by atoms with Crippen molar-refractivity contribution in [3.05, 3.63) is 40.3 Å². The highest BCUT2D eigenvalue weighted by molar-refractivity contribution is 5.76. The van der Waals surface area contributed by atoms with Crippen LogP contribution in [-0.2, 0) is 0 Å². The van der Waals surface area contributed by atoms with Crippen molar-refractivity contribution in [2.75, 3.05) is 0 Å². The largest absolute Gasteiger partial charge is 0.408 e. The quantitative estimate of drug-likeness (QED) is 0.721. The first-order valence-corrected chi connectivity index (χ1v) is 4.68. The molecule has 0 N–H and O–H groups in total. The first-order chi connectivity index (χ1) is 7.08. The zero-order chi connectivity index (χ0) is 11.0. The van der Waals surface area contributed by atoms with Crippen molar-refractivity contribution in [2.24, 2.45) is 0 Å². The van der Waals surface area contributed by atoms with Gasteiger partial charge in [0.1, 0.15) is 5.82 Å². The second-order valence-electron chi connectivity index (χ2n) is 3.66. The van der Waals surface area contributed by atoms with E-state index in [0.717, 1.165) is 6.07 Å². The van der Waals surface area contributed by atoms with Crippen LogP contribution >= 0.6 is 0 Å². The average molecular weight is 207 g/mol. The monoisotopic (exact) mass is 207 g/mol. The van der Waals surface area contributed by atoms with E-state index in [4.69, 9.17) is 4.42 Å². The minimum Gasteiger partial charge on any atom is -0.408 e. The molecule has 0 spiro atoms. The van der Waals surface area contributed by atoms with Gasteiger partial charge in [0.2, 0.25) is 5.89 Å². The van der Waals surface area contributed by atoms with Gasteiger partial charge in [0, 0.05) is 5.92 Å². The number of fused-ring (bicyclic) bond motifs is 1. The number of nitrogens with zero attached hydrogens (tertiary/aromatic N) is 1. The molecule has 1 heterocycles. The molecule has 3 nitrogen and oxygen atoms in total. The summed E-state index contributed by atoms with van der Waals surface area (Å²) in [6, 6.07) is 3.89. The summed E-state index contributed by atoms with van der Waals surface area (Å²) in [5.41, 5.74) is -0.0699. The van der Waals surface area contributed by atoms with Crippen LogP contribution in [0.1, 0.15) is 25.7 Å². The lowest BCUT2D eigenvalue weighted by Gasteiger charge is -2.03. The molecule has 0 saturated carbocycles. The molecule has 0 radical (unpaired) electrons. The lowest BCUT2D eigenvalue weighted by molar-refractivity contribution is 0.424. The fourth-order valence-electron chi connectivity index (χ4n) is 1.31. The van der Waals surface area contributed by atoms with Gasteiger partial charge in [0.05, 0.1) is 10.9 Å². The predicted octanol–water partition coefficient (Wildman–Crippen LogP) is 2.45. The van der Waals surface area contributed by atoms with E-state index in [1.165, 1.54) is 12.1 Å². The average Bonchev–Trinajstić information content (AvgIpc) is 2.18. The number of hydrogen-bond donors (Lipinski definition) is 0. The summed E-state index contributed by atoms with van der Waals surface area (Å²) in [6.07, 6.45) is 0. The molecule has 0 saturated heterocycles. The Kier molecular flexibility index (Phi) is 2.26. The van der Waals surface area contributed by atoms with E-state index >= 15 is 0 Å². The highest BCUT2D eigenvalue weighted by atomic mass is 19.1. The van der Waals surface area contributed by atoms with E-state index in [0.29, 0.717) is 11.4 Å². The second kappa shape index (κ2) is 3.46.